The van der Waals surface area contributed by atoms with Gasteiger partial charge >= 0.3 is 0 Å². The van der Waals surface area contributed by atoms with Crippen LogP contribution in [0.1, 0.15) is 43.2 Å². The molecule has 0 atom stereocenters. The van der Waals surface area contributed by atoms with E-state index in [-0.39, 0.29) is 11.0 Å². The van der Waals surface area contributed by atoms with Crippen molar-refractivity contribution in [2.24, 2.45) is 7.05 Å². The van der Waals surface area contributed by atoms with Crippen molar-refractivity contribution in [3.8, 4) is 11.3 Å². The average molecular weight is 366 g/mol. The second kappa shape index (κ2) is 5.71. The van der Waals surface area contributed by atoms with E-state index in [1.807, 2.05) is 19.4 Å². The molecule has 0 bridgehead atoms. The molecule has 2 aromatic heterocycles. The largest absolute Gasteiger partial charge is 0.268 e. The first-order valence-corrected chi connectivity index (χ1v) is 10.5. The van der Waals surface area contributed by atoms with Crippen molar-refractivity contribution in [2.75, 3.05) is 6.26 Å². The minimum Gasteiger partial charge on any atom is -0.268 e. The van der Waals surface area contributed by atoms with Crippen molar-refractivity contribution in [2.45, 2.75) is 49.1 Å². The van der Waals surface area contributed by atoms with Gasteiger partial charge in [0.25, 0.3) is 5.56 Å². The minimum atomic E-state index is -0.0707. The van der Waals surface area contributed by atoms with Gasteiger partial charge in [0.15, 0.2) is 5.16 Å². The van der Waals surface area contributed by atoms with E-state index in [1.54, 1.807) is 9.08 Å². The van der Waals surface area contributed by atoms with Gasteiger partial charge in [-0.3, -0.25) is 4.79 Å². The molecule has 1 spiro atoms. The summed E-state index contributed by atoms with van der Waals surface area (Å²) in [5, 5.41) is 5.23. The number of aryl methyl sites for hydroxylation is 1. The molecule has 2 aliphatic rings. The molecule has 1 aromatic carbocycles. The molecule has 134 valence electrons. The highest BCUT2D eigenvalue weighted by molar-refractivity contribution is 7.98. The van der Waals surface area contributed by atoms with Crippen LogP contribution in [0.5, 0.6) is 0 Å². The van der Waals surface area contributed by atoms with Gasteiger partial charge in [-0.15, -0.1) is 5.10 Å². The van der Waals surface area contributed by atoms with Crippen molar-refractivity contribution >= 4 is 17.5 Å². The molecule has 1 saturated carbocycles. The number of fused-ring (bicyclic) bond motifs is 5. The zero-order valence-corrected chi connectivity index (χ0v) is 16.0. The molecule has 0 radical (unpaired) electrons. The molecule has 0 unspecified atom stereocenters. The molecule has 6 heteroatoms. The molecule has 0 N–H and O–H groups in total. The molecule has 2 aliphatic carbocycles. The second-order valence-corrected chi connectivity index (χ2v) is 8.33. The number of nitrogens with zero attached hydrogens (tertiary/aromatic N) is 4. The van der Waals surface area contributed by atoms with E-state index in [0.717, 1.165) is 36.1 Å². The quantitative estimate of drug-likeness (QED) is 0.618. The molecule has 5 nitrogen and oxygen atoms in total. The third-order valence-corrected chi connectivity index (χ3v) is 6.74. The molecule has 0 aliphatic heterocycles. The van der Waals surface area contributed by atoms with Gasteiger partial charge in [0, 0.05) is 18.0 Å². The molecule has 26 heavy (non-hydrogen) atoms. The van der Waals surface area contributed by atoms with Crippen LogP contribution in [0, 0.1) is 0 Å². The van der Waals surface area contributed by atoms with Crippen LogP contribution in [-0.4, -0.2) is 25.4 Å². The highest BCUT2D eigenvalue weighted by Crippen LogP contribution is 2.48. The van der Waals surface area contributed by atoms with E-state index in [9.17, 15) is 4.79 Å². The lowest BCUT2D eigenvalue weighted by Crippen LogP contribution is -2.41. The van der Waals surface area contributed by atoms with Gasteiger partial charge in [-0.2, -0.15) is 0 Å². The summed E-state index contributed by atoms with van der Waals surface area (Å²) < 4.78 is 3.44. The molecule has 0 amide bonds. The second-order valence-electron chi connectivity index (χ2n) is 7.56. The Morgan fingerprint density at radius 2 is 1.92 bits per heavy atom. The molecular weight excluding hydrogens is 344 g/mol. The monoisotopic (exact) mass is 366 g/mol. The summed E-state index contributed by atoms with van der Waals surface area (Å²) in [4.78, 5) is 18.7. The van der Waals surface area contributed by atoms with E-state index < -0.39 is 0 Å². The normalized spacial score (nSPS) is 18.1. The molecule has 1 fully saturated rings. The Labute approximate surface area is 156 Å². The summed E-state index contributed by atoms with van der Waals surface area (Å²) in [5.41, 5.74) is 4.26. The van der Waals surface area contributed by atoms with Gasteiger partial charge < -0.3 is 0 Å². The summed E-state index contributed by atoms with van der Waals surface area (Å²) in [5.74, 6) is 0.626. The van der Waals surface area contributed by atoms with Crippen LogP contribution in [0.2, 0.25) is 0 Å². The first-order chi connectivity index (χ1) is 12.6. The van der Waals surface area contributed by atoms with Crippen LogP contribution in [-0.2, 0) is 18.9 Å². The molecule has 5 rings (SSSR count). The van der Waals surface area contributed by atoms with Gasteiger partial charge in [0.1, 0.15) is 0 Å². The SMILES string of the molecule is CSc1nn(C)c2nc3c(c(=O)n12)C1(CCCCC1)Cc1ccccc1-3. The fraction of sp³-hybridized carbons (Fsp3) is 0.450. The summed E-state index contributed by atoms with van der Waals surface area (Å²) in [6.07, 6.45) is 8.70. The predicted molar refractivity (Wildman–Crippen MR) is 104 cm³/mol. The Kier molecular flexibility index (Phi) is 3.54. The Bertz CT molecular complexity index is 1080. The summed E-state index contributed by atoms with van der Waals surface area (Å²) in [6.45, 7) is 0. The topological polar surface area (TPSA) is 52.2 Å². The first kappa shape index (κ1) is 16.1. The van der Waals surface area contributed by atoms with Crippen LogP contribution in [0.25, 0.3) is 17.0 Å². The van der Waals surface area contributed by atoms with Crippen molar-refractivity contribution in [1.29, 1.82) is 0 Å². The van der Waals surface area contributed by atoms with E-state index in [1.165, 1.54) is 36.6 Å². The number of benzene rings is 1. The van der Waals surface area contributed by atoms with Crippen LogP contribution in [0.15, 0.2) is 34.2 Å². The maximum Gasteiger partial charge on any atom is 0.265 e. The van der Waals surface area contributed by atoms with Crippen molar-refractivity contribution < 1.29 is 0 Å². The van der Waals surface area contributed by atoms with Gasteiger partial charge in [-0.25, -0.2) is 14.1 Å². The van der Waals surface area contributed by atoms with Gasteiger partial charge in [-0.1, -0.05) is 55.3 Å². The predicted octanol–water partition coefficient (Wildman–Crippen LogP) is 3.57. The highest BCUT2D eigenvalue weighted by Gasteiger charge is 2.43. The lowest BCUT2D eigenvalue weighted by Gasteiger charge is -2.41. The number of rotatable bonds is 1. The lowest BCUT2D eigenvalue weighted by molar-refractivity contribution is 0.284. The van der Waals surface area contributed by atoms with Crippen molar-refractivity contribution in [3.05, 3.63) is 45.7 Å². The Morgan fingerprint density at radius 1 is 1.15 bits per heavy atom. The third kappa shape index (κ3) is 2.08. The van der Waals surface area contributed by atoms with E-state index in [4.69, 9.17) is 4.98 Å². The standard InChI is InChI=1S/C20H22N4OS/c1-23-18-21-16-14-9-5-4-8-13(14)12-20(10-6-3-7-11-20)15(16)17(25)24(18)19(22-23)26-2/h4-5,8-9H,3,6-7,10-12H2,1-2H3. The fourth-order valence-electron chi connectivity index (χ4n) is 4.94. The summed E-state index contributed by atoms with van der Waals surface area (Å²) >= 11 is 1.50. The first-order valence-electron chi connectivity index (χ1n) is 9.27. The van der Waals surface area contributed by atoms with Crippen LogP contribution < -0.4 is 5.56 Å². The highest BCUT2D eigenvalue weighted by atomic mass is 32.2. The smallest absolute Gasteiger partial charge is 0.265 e. The number of hydrogen-bond donors (Lipinski definition) is 0. The van der Waals surface area contributed by atoms with Crippen LogP contribution >= 0.6 is 11.8 Å². The summed E-state index contributed by atoms with van der Waals surface area (Å²) in [6, 6.07) is 8.45. The van der Waals surface area contributed by atoms with Crippen molar-refractivity contribution in [3.63, 3.8) is 0 Å². The summed E-state index contributed by atoms with van der Waals surface area (Å²) in [7, 11) is 1.86. The zero-order valence-electron chi connectivity index (χ0n) is 15.2. The number of hydrogen-bond acceptors (Lipinski definition) is 4. The molecule has 3 aromatic rings. The Morgan fingerprint density at radius 3 is 2.69 bits per heavy atom. The van der Waals surface area contributed by atoms with E-state index >= 15 is 0 Å². The molecular formula is C20H22N4OS. The van der Waals surface area contributed by atoms with Gasteiger partial charge in [0.2, 0.25) is 5.78 Å². The van der Waals surface area contributed by atoms with Gasteiger partial charge in [0.05, 0.1) is 11.3 Å². The lowest BCUT2D eigenvalue weighted by atomic mass is 9.62. The third-order valence-electron chi connectivity index (χ3n) is 6.11. The average Bonchev–Trinajstić information content (AvgIpc) is 2.99. The zero-order chi connectivity index (χ0) is 17.9. The molecule has 0 saturated heterocycles. The van der Waals surface area contributed by atoms with E-state index in [0.29, 0.717) is 10.9 Å². The minimum absolute atomic E-state index is 0.0707. The van der Waals surface area contributed by atoms with Crippen molar-refractivity contribution in [1.82, 2.24) is 19.2 Å². The van der Waals surface area contributed by atoms with Gasteiger partial charge in [-0.05, 0) is 31.1 Å². The van der Waals surface area contributed by atoms with Crippen LogP contribution in [0.4, 0.5) is 0 Å². The number of thioether (sulfide) groups is 1. The van der Waals surface area contributed by atoms with E-state index in [2.05, 4.69) is 23.3 Å². The maximum atomic E-state index is 13.7. The Balaban J connectivity index is 1.92. The van der Waals surface area contributed by atoms with Crippen LogP contribution in [0.3, 0.4) is 0 Å². The maximum absolute atomic E-state index is 13.7. The number of aromatic nitrogens is 4. The fourth-order valence-corrected chi connectivity index (χ4v) is 5.49. The molecule has 2 heterocycles. The Hall–Kier alpha value is -2.08.